The van der Waals surface area contributed by atoms with Crippen LogP contribution in [0.5, 0.6) is 0 Å². The number of H-pyrrole nitrogens is 1. The minimum Gasteiger partial charge on any atom is -0.374 e. The fraction of sp³-hybridized carbons (Fsp3) is 0.316. The molecule has 2 aromatic carbocycles. The van der Waals surface area contributed by atoms with Gasteiger partial charge in [0.1, 0.15) is 0 Å². The van der Waals surface area contributed by atoms with E-state index in [-0.39, 0.29) is 0 Å². The van der Waals surface area contributed by atoms with Gasteiger partial charge in [0.2, 0.25) is 0 Å². The lowest BCUT2D eigenvalue weighted by Gasteiger charge is -2.24. The van der Waals surface area contributed by atoms with E-state index < -0.39 is 10.8 Å². The number of hydrogen-bond donors (Lipinski definition) is 1. The summed E-state index contributed by atoms with van der Waals surface area (Å²) >= 11 is 0. The van der Waals surface area contributed by atoms with Crippen LogP contribution in [0.3, 0.4) is 0 Å². The molecule has 0 spiro atoms. The molecule has 1 aromatic heterocycles. The van der Waals surface area contributed by atoms with E-state index in [4.69, 9.17) is 0 Å². The largest absolute Gasteiger partial charge is 0.374 e. The van der Waals surface area contributed by atoms with Gasteiger partial charge in [-0.1, -0.05) is 44.2 Å². The molecule has 5 heteroatoms. The van der Waals surface area contributed by atoms with E-state index in [2.05, 4.69) is 41.8 Å². The molecule has 0 aliphatic heterocycles. The van der Waals surface area contributed by atoms with Crippen LogP contribution in [0.1, 0.15) is 19.4 Å². The molecule has 3 rings (SSSR count). The van der Waals surface area contributed by atoms with Crippen LogP contribution in [0.2, 0.25) is 0 Å². The molecule has 1 atom stereocenters. The van der Waals surface area contributed by atoms with Gasteiger partial charge in [-0.15, -0.1) is 0 Å². The number of imidazole rings is 1. The number of para-hydroxylation sites is 3. The molecular weight excluding hydrogens is 318 g/mol. The van der Waals surface area contributed by atoms with Gasteiger partial charge in [0.15, 0.2) is 5.16 Å². The van der Waals surface area contributed by atoms with E-state index >= 15 is 0 Å². The maximum Gasteiger partial charge on any atom is 0.197 e. The Labute approximate surface area is 145 Å². The van der Waals surface area contributed by atoms with E-state index in [0.717, 1.165) is 28.8 Å². The number of hydrogen-bond acceptors (Lipinski definition) is 3. The molecule has 0 aliphatic carbocycles. The summed E-state index contributed by atoms with van der Waals surface area (Å²) in [6.45, 7) is 5.37. The summed E-state index contributed by atoms with van der Waals surface area (Å²) in [5.74, 6) is 1.03. The standard InChI is InChI=1S/C19H23N3OS/c1-14(2)12-22(3)18-11-7-4-8-15(18)13-24(23)19-20-16-9-5-6-10-17(16)21-19/h4-11,14H,12-13H2,1-3H3,(H,20,21)/t24-/m1/s1. The molecule has 0 fully saturated rings. The van der Waals surface area contributed by atoms with Crippen molar-refractivity contribution in [1.29, 1.82) is 0 Å². The lowest BCUT2D eigenvalue weighted by molar-refractivity contribution is 0.637. The first-order valence-electron chi connectivity index (χ1n) is 8.16. The highest BCUT2D eigenvalue weighted by Gasteiger charge is 2.14. The molecular formula is C19H23N3OS. The van der Waals surface area contributed by atoms with Crippen LogP contribution in [-0.4, -0.2) is 27.8 Å². The fourth-order valence-corrected chi connectivity index (χ4v) is 3.99. The van der Waals surface area contributed by atoms with Gasteiger partial charge in [-0.25, -0.2) is 4.98 Å². The number of aromatic amines is 1. The maximum atomic E-state index is 12.8. The van der Waals surface area contributed by atoms with Crippen molar-refractivity contribution >= 4 is 27.5 Å². The summed E-state index contributed by atoms with van der Waals surface area (Å²) in [7, 11) is 0.886. The van der Waals surface area contributed by atoms with E-state index in [1.807, 2.05) is 42.5 Å². The second kappa shape index (κ2) is 7.18. The van der Waals surface area contributed by atoms with Crippen LogP contribution >= 0.6 is 0 Å². The van der Waals surface area contributed by atoms with Gasteiger partial charge in [0.05, 0.1) is 27.6 Å². The maximum absolute atomic E-state index is 12.8. The molecule has 0 bridgehead atoms. The molecule has 3 aromatic rings. The first-order valence-corrected chi connectivity index (χ1v) is 9.48. The summed E-state index contributed by atoms with van der Waals surface area (Å²) < 4.78 is 12.8. The third kappa shape index (κ3) is 3.67. The number of nitrogens with one attached hydrogen (secondary N) is 1. The van der Waals surface area contributed by atoms with Gasteiger partial charge in [-0.3, -0.25) is 4.21 Å². The van der Waals surface area contributed by atoms with Crippen LogP contribution in [0.15, 0.2) is 53.7 Å². The SMILES string of the molecule is CC(C)CN(C)c1ccccc1C[S@@](=O)c1nc2ccccc2[nH]1. The van der Waals surface area contributed by atoms with Crippen LogP contribution < -0.4 is 4.90 Å². The van der Waals surface area contributed by atoms with Crippen molar-refractivity contribution in [2.75, 3.05) is 18.5 Å². The third-order valence-corrected chi connectivity index (χ3v) is 5.11. The Morgan fingerprint density at radius 2 is 1.83 bits per heavy atom. The minimum absolute atomic E-state index is 0.457. The van der Waals surface area contributed by atoms with Crippen LogP contribution in [0, 0.1) is 5.92 Å². The summed E-state index contributed by atoms with van der Waals surface area (Å²) in [5.41, 5.74) is 3.99. The first-order chi connectivity index (χ1) is 11.5. The topological polar surface area (TPSA) is 49.0 Å². The van der Waals surface area contributed by atoms with E-state index in [1.54, 1.807) is 0 Å². The molecule has 0 radical (unpaired) electrons. The fourth-order valence-electron chi connectivity index (χ4n) is 2.90. The van der Waals surface area contributed by atoms with Gasteiger partial charge in [0.25, 0.3) is 0 Å². The second-order valence-corrected chi connectivity index (χ2v) is 7.82. The highest BCUT2D eigenvalue weighted by atomic mass is 32.2. The number of fused-ring (bicyclic) bond motifs is 1. The van der Waals surface area contributed by atoms with E-state index in [0.29, 0.717) is 16.8 Å². The Bertz CT molecular complexity index is 823. The van der Waals surface area contributed by atoms with Gasteiger partial charge in [-0.05, 0) is 29.7 Å². The van der Waals surface area contributed by atoms with Gasteiger partial charge < -0.3 is 9.88 Å². The van der Waals surface area contributed by atoms with E-state index in [1.165, 1.54) is 0 Å². The Balaban J connectivity index is 1.84. The Morgan fingerprint density at radius 1 is 1.12 bits per heavy atom. The lowest BCUT2D eigenvalue weighted by Crippen LogP contribution is -2.23. The van der Waals surface area contributed by atoms with Gasteiger partial charge >= 0.3 is 0 Å². The number of nitrogens with zero attached hydrogens (tertiary/aromatic N) is 2. The van der Waals surface area contributed by atoms with Crippen LogP contribution in [0.4, 0.5) is 5.69 Å². The summed E-state index contributed by atoms with van der Waals surface area (Å²) in [6, 6.07) is 15.9. The Kier molecular flexibility index (Phi) is 5.00. The zero-order valence-corrected chi connectivity index (χ0v) is 15.1. The average Bonchev–Trinajstić information content (AvgIpc) is 2.99. The molecule has 4 nitrogen and oxygen atoms in total. The van der Waals surface area contributed by atoms with Crippen molar-refractivity contribution in [3.63, 3.8) is 0 Å². The predicted molar refractivity (Wildman–Crippen MR) is 101 cm³/mol. The molecule has 1 N–H and O–H groups in total. The normalized spacial score (nSPS) is 12.7. The van der Waals surface area contributed by atoms with Crippen molar-refractivity contribution in [3.05, 3.63) is 54.1 Å². The summed E-state index contributed by atoms with van der Waals surface area (Å²) in [4.78, 5) is 9.87. The molecule has 0 saturated heterocycles. The summed E-state index contributed by atoms with van der Waals surface area (Å²) in [5, 5.41) is 0.539. The highest BCUT2D eigenvalue weighted by Crippen LogP contribution is 2.23. The Morgan fingerprint density at radius 3 is 2.58 bits per heavy atom. The van der Waals surface area contributed by atoms with E-state index in [9.17, 15) is 4.21 Å². The van der Waals surface area contributed by atoms with Crippen molar-refractivity contribution < 1.29 is 4.21 Å². The van der Waals surface area contributed by atoms with Crippen molar-refractivity contribution in [1.82, 2.24) is 9.97 Å². The molecule has 0 amide bonds. The lowest BCUT2D eigenvalue weighted by atomic mass is 10.1. The number of rotatable bonds is 6. The number of aromatic nitrogens is 2. The quantitative estimate of drug-likeness (QED) is 0.738. The molecule has 1 heterocycles. The second-order valence-electron chi connectivity index (χ2n) is 6.45. The molecule has 126 valence electrons. The van der Waals surface area contributed by atoms with Crippen molar-refractivity contribution in [3.8, 4) is 0 Å². The van der Waals surface area contributed by atoms with Crippen LogP contribution in [-0.2, 0) is 16.6 Å². The third-order valence-electron chi connectivity index (χ3n) is 3.91. The molecule has 0 unspecified atom stereocenters. The van der Waals surface area contributed by atoms with Crippen molar-refractivity contribution in [2.45, 2.75) is 24.8 Å². The zero-order valence-electron chi connectivity index (χ0n) is 14.3. The monoisotopic (exact) mass is 341 g/mol. The number of benzene rings is 2. The predicted octanol–water partition coefficient (Wildman–Crippen LogP) is 3.96. The smallest absolute Gasteiger partial charge is 0.197 e. The zero-order chi connectivity index (χ0) is 17.1. The average molecular weight is 341 g/mol. The Hall–Kier alpha value is -2.14. The number of anilines is 1. The molecule has 0 saturated carbocycles. The highest BCUT2D eigenvalue weighted by molar-refractivity contribution is 7.84. The first kappa shape index (κ1) is 16.7. The molecule has 0 aliphatic rings. The summed E-state index contributed by atoms with van der Waals surface area (Å²) in [6.07, 6.45) is 0. The van der Waals surface area contributed by atoms with Crippen LogP contribution in [0.25, 0.3) is 11.0 Å². The van der Waals surface area contributed by atoms with Gasteiger partial charge in [0, 0.05) is 19.3 Å². The minimum atomic E-state index is -1.20. The molecule has 24 heavy (non-hydrogen) atoms. The van der Waals surface area contributed by atoms with Gasteiger partial charge in [-0.2, -0.15) is 0 Å². The van der Waals surface area contributed by atoms with Crippen molar-refractivity contribution in [2.24, 2.45) is 5.92 Å².